The van der Waals surface area contributed by atoms with Gasteiger partial charge in [-0.1, -0.05) is 12.1 Å². The normalized spacial score (nSPS) is 9.41. The monoisotopic (exact) mass is 280 g/mol. The Morgan fingerprint density at radius 2 is 1.71 bits per heavy atom. The Balaban J connectivity index is 0. The number of hydrogen-bond acceptors (Lipinski definition) is 3. The molecule has 1 aromatic carbocycles. The van der Waals surface area contributed by atoms with Crippen molar-refractivity contribution in [2.45, 2.75) is 6.54 Å². The Hall–Kier alpha value is -0.480. The maximum atomic E-state index is 5.10. The van der Waals surface area contributed by atoms with Gasteiger partial charge in [-0.15, -0.1) is 24.8 Å². The zero-order chi connectivity index (χ0) is 11.1. The van der Waals surface area contributed by atoms with E-state index in [-0.39, 0.29) is 24.8 Å². The van der Waals surface area contributed by atoms with Crippen molar-refractivity contribution in [3.8, 4) is 5.75 Å². The Bertz CT molecular complexity index is 278. The number of likely N-dealkylation sites (N-methyl/N-ethyl adjacent to an activating group) is 1. The third kappa shape index (κ3) is 8.27. The molecule has 0 saturated carbocycles. The third-order valence-corrected chi connectivity index (χ3v) is 2.22. The fraction of sp³-hybridized carbons (Fsp3) is 0.500. The zero-order valence-corrected chi connectivity index (χ0v) is 12.2. The van der Waals surface area contributed by atoms with Crippen molar-refractivity contribution in [1.82, 2.24) is 10.2 Å². The van der Waals surface area contributed by atoms with Gasteiger partial charge in [-0.25, -0.2) is 0 Å². The zero-order valence-electron chi connectivity index (χ0n) is 10.6. The summed E-state index contributed by atoms with van der Waals surface area (Å²) in [5.41, 5.74) is 1.29. The van der Waals surface area contributed by atoms with Gasteiger partial charge in [0.1, 0.15) is 5.75 Å². The van der Waals surface area contributed by atoms with Crippen molar-refractivity contribution in [3.63, 3.8) is 0 Å². The van der Waals surface area contributed by atoms with Gasteiger partial charge in [0.2, 0.25) is 0 Å². The molecular formula is C12H22Cl2N2O. The topological polar surface area (TPSA) is 24.5 Å². The molecule has 0 unspecified atom stereocenters. The van der Waals surface area contributed by atoms with Gasteiger partial charge in [-0.05, 0) is 31.8 Å². The van der Waals surface area contributed by atoms with E-state index in [1.165, 1.54) is 5.56 Å². The lowest BCUT2D eigenvalue weighted by atomic mass is 10.2. The highest BCUT2D eigenvalue weighted by molar-refractivity contribution is 5.85. The van der Waals surface area contributed by atoms with E-state index in [2.05, 4.69) is 36.4 Å². The molecule has 1 aromatic rings. The van der Waals surface area contributed by atoms with Crippen LogP contribution in [0.5, 0.6) is 5.75 Å². The Morgan fingerprint density at radius 1 is 1.12 bits per heavy atom. The molecule has 0 spiro atoms. The molecule has 0 aliphatic carbocycles. The predicted octanol–water partition coefficient (Wildman–Crippen LogP) is 2.19. The molecule has 0 atom stereocenters. The van der Waals surface area contributed by atoms with Crippen molar-refractivity contribution in [2.75, 3.05) is 34.3 Å². The molecular weight excluding hydrogens is 259 g/mol. The highest BCUT2D eigenvalue weighted by atomic mass is 35.5. The average Bonchev–Trinajstić information content (AvgIpc) is 2.25. The molecule has 100 valence electrons. The van der Waals surface area contributed by atoms with Gasteiger partial charge in [0.15, 0.2) is 0 Å². The van der Waals surface area contributed by atoms with Crippen LogP contribution in [-0.2, 0) is 6.54 Å². The average molecular weight is 281 g/mol. The molecule has 0 fully saturated rings. The first-order valence-corrected chi connectivity index (χ1v) is 5.21. The molecule has 0 bridgehead atoms. The van der Waals surface area contributed by atoms with Crippen LogP contribution in [0.15, 0.2) is 24.3 Å². The molecule has 3 nitrogen and oxygen atoms in total. The fourth-order valence-electron chi connectivity index (χ4n) is 1.28. The second-order valence-electron chi connectivity index (χ2n) is 3.83. The van der Waals surface area contributed by atoms with Crippen LogP contribution in [0.3, 0.4) is 0 Å². The van der Waals surface area contributed by atoms with E-state index in [1.807, 2.05) is 12.1 Å². The van der Waals surface area contributed by atoms with E-state index >= 15 is 0 Å². The van der Waals surface area contributed by atoms with Crippen LogP contribution in [0.4, 0.5) is 0 Å². The predicted molar refractivity (Wildman–Crippen MR) is 77.8 cm³/mol. The number of rotatable bonds is 6. The lowest BCUT2D eigenvalue weighted by Gasteiger charge is -2.10. The summed E-state index contributed by atoms with van der Waals surface area (Å²) in [5.74, 6) is 0.909. The molecule has 0 aliphatic heterocycles. The summed E-state index contributed by atoms with van der Waals surface area (Å²) < 4.78 is 5.10. The lowest BCUT2D eigenvalue weighted by molar-refractivity contribution is 0.399. The minimum atomic E-state index is 0. The summed E-state index contributed by atoms with van der Waals surface area (Å²) in [4.78, 5) is 2.17. The highest BCUT2D eigenvalue weighted by Gasteiger charge is 1.94. The van der Waals surface area contributed by atoms with Crippen molar-refractivity contribution < 1.29 is 4.74 Å². The Labute approximate surface area is 116 Å². The minimum absolute atomic E-state index is 0. The number of methoxy groups -OCH3 is 1. The summed E-state index contributed by atoms with van der Waals surface area (Å²) in [5, 5.41) is 3.39. The van der Waals surface area contributed by atoms with E-state index < -0.39 is 0 Å². The highest BCUT2D eigenvalue weighted by Crippen LogP contribution is 2.10. The van der Waals surface area contributed by atoms with Gasteiger partial charge in [0.05, 0.1) is 7.11 Å². The van der Waals surface area contributed by atoms with Crippen LogP contribution < -0.4 is 10.1 Å². The number of nitrogens with one attached hydrogen (secondary N) is 1. The van der Waals surface area contributed by atoms with Gasteiger partial charge in [0.25, 0.3) is 0 Å². The second-order valence-corrected chi connectivity index (χ2v) is 3.83. The maximum Gasteiger partial charge on any atom is 0.118 e. The summed E-state index contributed by atoms with van der Waals surface area (Å²) in [7, 11) is 5.84. The van der Waals surface area contributed by atoms with Crippen molar-refractivity contribution in [1.29, 1.82) is 0 Å². The van der Waals surface area contributed by atoms with E-state index in [9.17, 15) is 0 Å². The van der Waals surface area contributed by atoms with E-state index in [1.54, 1.807) is 7.11 Å². The molecule has 0 radical (unpaired) electrons. The first-order valence-electron chi connectivity index (χ1n) is 5.21. The van der Waals surface area contributed by atoms with Crippen LogP contribution in [0, 0.1) is 0 Å². The second kappa shape index (κ2) is 10.7. The molecule has 17 heavy (non-hydrogen) atoms. The SMILES string of the molecule is COc1ccc(CNCCN(C)C)cc1.Cl.Cl. The molecule has 0 aliphatic rings. The first kappa shape index (κ1) is 18.9. The molecule has 1 N–H and O–H groups in total. The van der Waals surface area contributed by atoms with E-state index in [0.717, 1.165) is 25.4 Å². The first-order chi connectivity index (χ1) is 7.22. The van der Waals surface area contributed by atoms with Gasteiger partial charge >= 0.3 is 0 Å². The summed E-state index contributed by atoms with van der Waals surface area (Å²) in [6, 6.07) is 8.15. The fourth-order valence-corrected chi connectivity index (χ4v) is 1.28. The van der Waals surface area contributed by atoms with E-state index in [4.69, 9.17) is 4.74 Å². The maximum absolute atomic E-state index is 5.10. The number of halogens is 2. The summed E-state index contributed by atoms with van der Waals surface area (Å²) >= 11 is 0. The summed E-state index contributed by atoms with van der Waals surface area (Å²) in [6.07, 6.45) is 0. The summed E-state index contributed by atoms with van der Waals surface area (Å²) in [6.45, 7) is 2.99. The number of hydrogen-bond donors (Lipinski definition) is 1. The van der Waals surface area contributed by atoms with Gasteiger partial charge < -0.3 is 15.0 Å². The van der Waals surface area contributed by atoms with Crippen LogP contribution in [-0.4, -0.2) is 39.2 Å². The Morgan fingerprint density at radius 3 is 2.18 bits per heavy atom. The van der Waals surface area contributed by atoms with E-state index in [0.29, 0.717) is 0 Å². The Kier molecular flexibility index (Phi) is 11.8. The molecule has 0 aromatic heterocycles. The van der Waals surface area contributed by atoms with Crippen LogP contribution in [0.25, 0.3) is 0 Å². The van der Waals surface area contributed by atoms with Crippen LogP contribution in [0.2, 0.25) is 0 Å². The number of benzene rings is 1. The third-order valence-electron chi connectivity index (χ3n) is 2.22. The van der Waals surface area contributed by atoms with Crippen LogP contribution in [0.1, 0.15) is 5.56 Å². The van der Waals surface area contributed by atoms with Crippen molar-refractivity contribution in [2.24, 2.45) is 0 Å². The molecule has 0 amide bonds. The standard InChI is InChI=1S/C12H20N2O.2ClH/c1-14(2)9-8-13-10-11-4-6-12(15-3)7-5-11;;/h4-7,13H,8-10H2,1-3H3;2*1H. The molecule has 1 rings (SSSR count). The lowest BCUT2D eigenvalue weighted by Crippen LogP contribution is -2.26. The largest absolute Gasteiger partial charge is 0.497 e. The van der Waals surface area contributed by atoms with Gasteiger partial charge in [0, 0.05) is 19.6 Å². The van der Waals surface area contributed by atoms with Crippen LogP contribution >= 0.6 is 24.8 Å². The van der Waals surface area contributed by atoms with Crippen molar-refractivity contribution in [3.05, 3.63) is 29.8 Å². The smallest absolute Gasteiger partial charge is 0.118 e. The molecule has 0 heterocycles. The quantitative estimate of drug-likeness (QED) is 0.809. The van der Waals surface area contributed by atoms with Gasteiger partial charge in [-0.2, -0.15) is 0 Å². The number of nitrogens with zero attached hydrogens (tertiary/aromatic N) is 1. The molecule has 5 heteroatoms. The minimum Gasteiger partial charge on any atom is -0.497 e. The number of ether oxygens (including phenoxy) is 1. The molecule has 0 saturated heterocycles. The van der Waals surface area contributed by atoms with Gasteiger partial charge in [-0.3, -0.25) is 0 Å². The van der Waals surface area contributed by atoms with Crippen molar-refractivity contribution >= 4 is 24.8 Å².